The lowest BCUT2D eigenvalue weighted by molar-refractivity contribution is 0.232. The molecule has 0 radical (unpaired) electrons. The van der Waals surface area contributed by atoms with Crippen LogP contribution in [-0.2, 0) is 12.2 Å². The van der Waals surface area contributed by atoms with Gasteiger partial charge in [-0.3, -0.25) is 0 Å². The fourth-order valence-electron chi connectivity index (χ4n) is 3.60. The van der Waals surface area contributed by atoms with Crippen LogP contribution in [0.25, 0.3) is 0 Å². The van der Waals surface area contributed by atoms with Gasteiger partial charge >= 0.3 is 0 Å². The molecular weight excluding hydrogens is 270 g/mol. The van der Waals surface area contributed by atoms with Gasteiger partial charge in [-0.15, -0.1) is 11.3 Å². The number of fused-ring (bicyclic) bond motifs is 1. The van der Waals surface area contributed by atoms with Crippen LogP contribution < -0.4 is 5.73 Å². The summed E-state index contributed by atoms with van der Waals surface area (Å²) in [6.07, 6.45) is 8.11. The van der Waals surface area contributed by atoms with Gasteiger partial charge in [-0.1, -0.05) is 26.2 Å². The Labute approximate surface area is 125 Å². The number of aryl methyl sites for hydroxylation is 1. The first kappa shape index (κ1) is 14.0. The Kier molecular flexibility index (Phi) is 4.55. The van der Waals surface area contributed by atoms with E-state index in [-0.39, 0.29) is 0 Å². The number of rotatable bonds is 3. The molecule has 1 saturated carbocycles. The van der Waals surface area contributed by atoms with E-state index in [2.05, 4.69) is 24.8 Å². The van der Waals surface area contributed by atoms with E-state index < -0.39 is 0 Å². The van der Waals surface area contributed by atoms with E-state index in [9.17, 15) is 0 Å². The molecule has 2 N–H and O–H groups in total. The van der Waals surface area contributed by atoms with Gasteiger partial charge in [0.2, 0.25) is 0 Å². The highest BCUT2D eigenvalue weighted by atomic mass is 32.2. The monoisotopic (exact) mass is 295 g/mol. The smallest absolute Gasteiger partial charge is 0.0418 e. The van der Waals surface area contributed by atoms with Gasteiger partial charge in [0.1, 0.15) is 0 Å². The normalized spacial score (nSPS) is 28.9. The van der Waals surface area contributed by atoms with Crippen molar-refractivity contribution in [3.63, 3.8) is 0 Å². The Balaban J connectivity index is 1.72. The molecule has 106 valence electrons. The minimum Gasteiger partial charge on any atom is -0.323 e. The van der Waals surface area contributed by atoms with E-state index in [1.165, 1.54) is 54.9 Å². The van der Waals surface area contributed by atoms with Crippen LogP contribution in [0.5, 0.6) is 0 Å². The highest BCUT2D eigenvalue weighted by Crippen LogP contribution is 2.41. The van der Waals surface area contributed by atoms with Crippen LogP contribution >= 0.6 is 23.1 Å². The Morgan fingerprint density at radius 1 is 1.42 bits per heavy atom. The van der Waals surface area contributed by atoms with Gasteiger partial charge in [-0.2, -0.15) is 11.8 Å². The first-order chi connectivity index (χ1) is 9.28. The molecule has 3 rings (SSSR count). The van der Waals surface area contributed by atoms with Gasteiger partial charge in [0.25, 0.3) is 0 Å². The van der Waals surface area contributed by atoms with Gasteiger partial charge in [0.05, 0.1) is 0 Å². The van der Waals surface area contributed by atoms with E-state index in [0.29, 0.717) is 6.04 Å². The average molecular weight is 296 g/mol. The molecule has 1 aliphatic carbocycles. The summed E-state index contributed by atoms with van der Waals surface area (Å²) in [4.78, 5) is 3.08. The van der Waals surface area contributed by atoms with E-state index in [4.69, 9.17) is 5.73 Å². The summed E-state index contributed by atoms with van der Waals surface area (Å²) < 4.78 is 0. The molecular formula is C16H25NS2. The summed E-state index contributed by atoms with van der Waals surface area (Å²) in [6.45, 7) is 2.33. The Hall–Kier alpha value is 0.01000. The highest BCUT2D eigenvalue weighted by Gasteiger charge is 2.28. The molecule has 0 saturated heterocycles. The molecule has 1 fully saturated rings. The summed E-state index contributed by atoms with van der Waals surface area (Å²) in [5, 5.41) is 0. The third-order valence-corrected chi connectivity index (χ3v) is 7.23. The second kappa shape index (κ2) is 6.19. The highest BCUT2D eigenvalue weighted by molar-refractivity contribution is 7.98. The van der Waals surface area contributed by atoms with Crippen LogP contribution in [0.4, 0.5) is 0 Å². The molecule has 3 unspecified atom stereocenters. The van der Waals surface area contributed by atoms with Gasteiger partial charge in [0, 0.05) is 21.5 Å². The maximum Gasteiger partial charge on any atom is 0.0418 e. The average Bonchev–Trinajstić information content (AvgIpc) is 2.90. The minimum atomic E-state index is 0.301. The fraction of sp³-hybridized carbons (Fsp3) is 0.750. The molecule has 3 heteroatoms. The maximum absolute atomic E-state index is 6.60. The van der Waals surface area contributed by atoms with Crippen molar-refractivity contribution >= 4 is 23.1 Å². The van der Waals surface area contributed by atoms with Gasteiger partial charge in [-0.25, -0.2) is 0 Å². The third kappa shape index (κ3) is 3.03. The lowest BCUT2D eigenvalue weighted by Crippen LogP contribution is -2.26. The van der Waals surface area contributed by atoms with Crippen LogP contribution in [0.15, 0.2) is 6.07 Å². The second-order valence-corrected chi connectivity index (χ2v) is 8.40. The Morgan fingerprint density at radius 3 is 3.11 bits per heavy atom. The van der Waals surface area contributed by atoms with Crippen LogP contribution in [0.3, 0.4) is 0 Å². The lowest BCUT2D eigenvalue weighted by atomic mass is 9.76. The van der Waals surface area contributed by atoms with Crippen molar-refractivity contribution in [3.8, 4) is 0 Å². The molecule has 1 nitrogen and oxygen atoms in total. The van der Waals surface area contributed by atoms with E-state index >= 15 is 0 Å². The Morgan fingerprint density at radius 2 is 2.32 bits per heavy atom. The van der Waals surface area contributed by atoms with Crippen LogP contribution in [0, 0.1) is 11.8 Å². The van der Waals surface area contributed by atoms with Crippen LogP contribution in [0.2, 0.25) is 0 Å². The SMILES string of the molecule is CCC1CCCC(C(N)c2cc3c(s2)CCSC3)C1. The summed E-state index contributed by atoms with van der Waals surface area (Å²) in [5.41, 5.74) is 8.18. The molecule has 2 heterocycles. The van der Waals surface area contributed by atoms with Crippen molar-refractivity contribution in [3.05, 3.63) is 21.4 Å². The third-order valence-electron chi connectivity index (χ3n) is 4.88. The largest absolute Gasteiger partial charge is 0.323 e. The molecule has 0 amide bonds. The number of hydrogen-bond acceptors (Lipinski definition) is 3. The fourth-order valence-corrected chi connectivity index (χ4v) is 6.07. The quantitative estimate of drug-likeness (QED) is 0.870. The van der Waals surface area contributed by atoms with E-state index in [1.807, 2.05) is 11.3 Å². The number of thioether (sulfide) groups is 1. The zero-order chi connectivity index (χ0) is 13.2. The van der Waals surface area contributed by atoms with Crippen molar-refractivity contribution in [2.45, 2.75) is 57.2 Å². The Bertz CT molecular complexity index is 403. The lowest BCUT2D eigenvalue weighted by Gasteiger charge is -2.32. The van der Waals surface area contributed by atoms with Gasteiger partial charge in [-0.05, 0) is 48.5 Å². The van der Waals surface area contributed by atoms with Gasteiger partial charge < -0.3 is 5.73 Å². The first-order valence-corrected chi connectivity index (χ1v) is 9.69. The predicted octanol–water partition coefficient (Wildman–Crippen LogP) is 4.75. The van der Waals surface area contributed by atoms with E-state index in [0.717, 1.165) is 11.8 Å². The zero-order valence-corrected chi connectivity index (χ0v) is 13.5. The number of thiophene rings is 1. The molecule has 0 aromatic carbocycles. The number of hydrogen-bond donors (Lipinski definition) is 1. The second-order valence-electron chi connectivity index (χ2n) is 6.13. The first-order valence-electron chi connectivity index (χ1n) is 7.72. The maximum atomic E-state index is 6.60. The van der Waals surface area contributed by atoms with E-state index in [1.54, 1.807) is 10.4 Å². The molecule has 0 spiro atoms. The van der Waals surface area contributed by atoms with Crippen molar-refractivity contribution in [1.29, 1.82) is 0 Å². The topological polar surface area (TPSA) is 26.0 Å². The van der Waals surface area contributed by atoms with Gasteiger partial charge in [0.15, 0.2) is 0 Å². The predicted molar refractivity (Wildman–Crippen MR) is 86.9 cm³/mol. The zero-order valence-electron chi connectivity index (χ0n) is 11.9. The van der Waals surface area contributed by atoms with Crippen LogP contribution in [0.1, 0.15) is 60.4 Å². The molecule has 3 atom stereocenters. The molecule has 2 aliphatic rings. The van der Waals surface area contributed by atoms with Crippen molar-refractivity contribution in [2.75, 3.05) is 5.75 Å². The summed E-state index contributed by atoms with van der Waals surface area (Å²) in [6, 6.07) is 2.72. The standard InChI is InChI=1S/C16H25NS2/c1-2-11-4-3-5-12(8-11)16(17)15-9-13-10-18-7-6-14(13)19-15/h9,11-12,16H,2-8,10,17H2,1H3. The molecule has 0 bridgehead atoms. The minimum absolute atomic E-state index is 0.301. The molecule has 1 aliphatic heterocycles. The molecule has 1 aromatic rings. The molecule has 1 aromatic heterocycles. The summed E-state index contributed by atoms with van der Waals surface area (Å²) in [7, 11) is 0. The van der Waals surface area contributed by atoms with Crippen molar-refractivity contribution in [1.82, 2.24) is 0 Å². The summed E-state index contributed by atoms with van der Waals surface area (Å²) in [5.74, 6) is 4.16. The molecule has 19 heavy (non-hydrogen) atoms. The summed E-state index contributed by atoms with van der Waals surface area (Å²) >= 11 is 4.08. The van der Waals surface area contributed by atoms with Crippen molar-refractivity contribution in [2.24, 2.45) is 17.6 Å². The number of nitrogens with two attached hydrogens (primary N) is 1. The van der Waals surface area contributed by atoms with Crippen LogP contribution in [-0.4, -0.2) is 5.75 Å². The van der Waals surface area contributed by atoms with Crippen molar-refractivity contribution < 1.29 is 0 Å².